The van der Waals surface area contributed by atoms with Gasteiger partial charge in [0.1, 0.15) is 40.3 Å². The summed E-state index contributed by atoms with van der Waals surface area (Å²) in [7, 11) is -2.30. The Morgan fingerprint density at radius 1 is 1.04 bits per heavy atom. The van der Waals surface area contributed by atoms with E-state index in [0.29, 0.717) is 6.07 Å². The number of carbonyl (C=O) groups excluding carboxylic acids is 4. The lowest BCUT2D eigenvalue weighted by molar-refractivity contribution is -0.166. The average molecular weight is 677 g/mol. The summed E-state index contributed by atoms with van der Waals surface area (Å²) in [6.45, 7) is 3.94. The van der Waals surface area contributed by atoms with Crippen LogP contribution in [0.1, 0.15) is 21.5 Å². The Bertz CT molecular complexity index is 1980. The Hall–Kier alpha value is -4.74. The Balaban J connectivity index is 1.85. The average Bonchev–Trinajstić information content (AvgIpc) is 2.95. The van der Waals surface area contributed by atoms with Gasteiger partial charge in [-0.3, -0.25) is 23.8 Å². The lowest BCUT2D eigenvalue weighted by Gasteiger charge is -2.53. The molecule has 0 radical (unpaired) electrons. The predicted molar refractivity (Wildman–Crippen MR) is 157 cm³/mol. The SMILES string of the molecule is C=C1c2c(Cl)ccc(O)c2C(O)=C2C(=O)[C@]3(O)C(O)=C(C(N)=O)C(=O)[C@@H](N(C)C)[C@@H]3[C@@H](OC(=O)c3cc(S(=O)(=O)O)ccc3O)[C@H]12. The minimum atomic E-state index is -4.90. The molecule has 46 heavy (non-hydrogen) atoms. The van der Waals surface area contributed by atoms with Gasteiger partial charge in [-0.1, -0.05) is 18.2 Å². The van der Waals surface area contributed by atoms with Crippen LogP contribution in [0.3, 0.4) is 0 Å². The number of hydrogen-bond donors (Lipinski definition) is 7. The van der Waals surface area contributed by atoms with E-state index >= 15 is 0 Å². The van der Waals surface area contributed by atoms with Crippen LogP contribution in [0.15, 0.2) is 58.7 Å². The van der Waals surface area contributed by atoms with Crippen molar-refractivity contribution in [2.45, 2.75) is 22.6 Å². The van der Waals surface area contributed by atoms with Crippen molar-refractivity contribution in [1.82, 2.24) is 4.90 Å². The van der Waals surface area contributed by atoms with Crippen LogP contribution in [0.25, 0.3) is 11.3 Å². The minimum Gasteiger partial charge on any atom is -0.508 e. The van der Waals surface area contributed by atoms with E-state index in [1.54, 1.807) is 0 Å². The molecule has 3 aliphatic rings. The van der Waals surface area contributed by atoms with Gasteiger partial charge in [0.25, 0.3) is 16.0 Å². The molecule has 1 saturated carbocycles. The summed E-state index contributed by atoms with van der Waals surface area (Å²) in [6.07, 6.45) is -1.99. The normalized spacial score (nSPS) is 26.1. The van der Waals surface area contributed by atoms with E-state index in [9.17, 15) is 57.7 Å². The van der Waals surface area contributed by atoms with Crippen LogP contribution in [0.4, 0.5) is 0 Å². The van der Waals surface area contributed by atoms with E-state index in [2.05, 4.69) is 6.58 Å². The number of nitrogens with two attached hydrogens (primary N) is 1. The number of carbonyl (C=O) groups is 4. The summed E-state index contributed by atoms with van der Waals surface area (Å²) < 4.78 is 38.7. The molecule has 242 valence electrons. The van der Waals surface area contributed by atoms with Gasteiger partial charge >= 0.3 is 5.97 Å². The highest BCUT2D eigenvalue weighted by Crippen LogP contribution is 2.57. The maximum absolute atomic E-state index is 14.3. The highest BCUT2D eigenvalue weighted by Gasteiger charge is 2.69. The first-order valence-corrected chi connectivity index (χ1v) is 14.9. The number of phenols is 2. The summed E-state index contributed by atoms with van der Waals surface area (Å²) >= 11 is 6.39. The third-order valence-corrected chi connectivity index (χ3v) is 9.54. The number of phenolic OH excluding ortho intramolecular Hbond substituents is 2. The number of likely N-dealkylation sites (N-methyl/N-ethyl adjacent to an activating group) is 1. The number of benzene rings is 2. The van der Waals surface area contributed by atoms with Crippen molar-refractivity contribution >= 4 is 56.5 Å². The fourth-order valence-electron chi connectivity index (χ4n) is 6.40. The Morgan fingerprint density at radius 2 is 1.65 bits per heavy atom. The zero-order chi connectivity index (χ0) is 34.4. The Labute approximate surface area is 264 Å². The number of esters is 1. The zero-order valence-electron chi connectivity index (χ0n) is 23.8. The van der Waals surface area contributed by atoms with Gasteiger partial charge in [-0.25, -0.2) is 4.79 Å². The molecule has 0 aromatic heterocycles. The molecule has 15 nitrogen and oxygen atoms in total. The molecule has 17 heteroatoms. The van der Waals surface area contributed by atoms with Crippen LogP contribution < -0.4 is 5.73 Å². The van der Waals surface area contributed by atoms with Gasteiger partial charge in [-0.05, 0) is 50.0 Å². The van der Waals surface area contributed by atoms with E-state index < -0.39 is 113 Å². The zero-order valence-corrected chi connectivity index (χ0v) is 25.3. The third kappa shape index (κ3) is 4.48. The fourth-order valence-corrected chi connectivity index (χ4v) is 7.18. The standard InChI is InChI=1S/C29H25ClN2O13S/c1-9-15-12(30)5-7-14(34)17(15)22(35)18-16(9)24(45-28(40)11-8-10(46(42,43)44)4-6-13(11)33)20-21(32(2)3)23(36)19(27(31)39)26(38)29(20,41)25(18)37/h4-8,16,20-21,24,33-35,38,41H,1H2,2-3H3,(H2,31,39)(H,42,43,44)/t16-,20-,21+,24+,29+/m1/s1. The maximum Gasteiger partial charge on any atom is 0.342 e. The first-order chi connectivity index (χ1) is 21.3. The molecule has 5 rings (SSSR count). The molecule has 1 amide bonds. The second kappa shape index (κ2) is 10.7. The summed E-state index contributed by atoms with van der Waals surface area (Å²) in [6, 6.07) is 2.70. The van der Waals surface area contributed by atoms with Gasteiger partial charge in [-0.15, -0.1) is 0 Å². The largest absolute Gasteiger partial charge is 0.508 e. The summed E-state index contributed by atoms with van der Waals surface area (Å²) in [5.74, 6) is -13.2. The summed E-state index contributed by atoms with van der Waals surface area (Å²) in [5, 5.41) is 55.7. The Kier molecular flexibility index (Phi) is 7.57. The monoisotopic (exact) mass is 676 g/mol. The van der Waals surface area contributed by atoms with Crippen LogP contribution >= 0.6 is 11.6 Å². The van der Waals surface area contributed by atoms with E-state index in [1.807, 2.05) is 0 Å². The topological polar surface area (TPSA) is 262 Å². The molecular weight excluding hydrogens is 652 g/mol. The molecule has 5 atom stereocenters. The van der Waals surface area contributed by atoms with Crippen LogP contribution in [0.2, 0.25) is 5.02 Å². The number of aliphatic hydroxyl groups is 3. The highest BCUT2D eigenvalue weighted by molar-refractivity contribution is 7.85. The van der Waals surface area contributed by atoms with Crippen molar-refractivity contribution < 1.29 is 62.4 Å². The highest BCUT2D eigenvalue weighted by atomic mass is 35.5. The minimum absolute atomic E-state index is 0.0945. The number of halogens is 1. The number of hydrogen-bond acceptors (Lipinski definition) is 13. The molecule has 8 N–H and O–H groups in total. The van der Waals surface area contributed by atoms with Gasteiger partial charge in [-0.2, -0.15) is 8.42 Å². The van der Waals surface area contributed by atoms with E-state index in [1.165, 1.54) is 20.2 Å². The number of fused-ring (bicyclic) bond motifs is 3. The molecule has 0 aliphatic heterocycles. The van der Waals surface area contributed by atoms with Crippen molar-refractivity contribution in [2.24, 2.45) is 17.6 Å². The molecule has 3 aliphatic carbocycles. The number of ketones is 2. The first-order valence-electron chi connectivity index (χ1n) is 13.1. The number of ether oxygens (including phenoxy) is 1. The lowest BCUT2D eigenvalue weighted by Crippen LogP contribution is -2.70. The molecule has 0 heterocycles. The van der Waals surface area contributed by atoms with Gasteiger partial charge in [0.05, 0.1) is 33.9 Å². The van der Waals surface area contributed by atoms with Crippen LogP contribution in [0, 0.1) is 11.8 Å². The molecule has 0 unspecified atom stereocenters. The second-order valence-corrected chi connectivity index (χ2v) is 12.9. The number of nitrogens with zero attached hydrogens (tertiary/aromatic N) is 1. The van der Waals surface area contributed by atoms with Gasteiger partial charge in [0.2, 0.25) is 5.78 Å². The smallest absolute Gasteiger partial charge is 0.342 e. The first kappa shape index (κ1) is 32.6. The van der Waals surface area contributed by atoms with Crippen molar-refractivity contribution in [1.29, 1.82) is 0 Å². The van der Waals surface area contributed by atoms with Crippen molar-refractivity contribution in [3.63, 3.8) is 0 Å². The van der Waals surface area contributed by atoms with Crippen molar-refractivity contribution in [3.8, 4) is 11.5 Å². The number of aromatic hydroxyl groups is 2. The summed E-state index contributed by atoms with van der Waals surface area (Å²) in [5.41, 5.74) is -1.36. The quantitative estimate of drug-likeness (QED) is 0.132. The number of amides is 1. The molecule has 1 fully saturated rings. The number of aliphatic hydroxyl groups excluding tert-OH is 2. The van der Waals surface area contributed by atoms with E-state index in [0.717, 1.165) is 23.1 Å². The Morgan fingerprint density at radius 3 is 2.22 bits per heavy atom. The predicted octanol–water partition coefficient (Wildman–Crippen LogP) is 0.876. The van der Waals surface area contributed by atoms with Gasteiger partial charge in [0.15, 0.2) is 11.4 Å². The molecule has 0 bridgehead atoms. The number of primary amides is 1. The summed E-state index contributed by atoms with van der Waals surface area (Å²) in [4.78, 5) is 54.2. The van der Waals surface area contributed by atoms with Crippen LogP contribution in [-0.4, -0.2) is 98.7 Å². The van der Waals surface area contributed by atoms with Crippen molar-refractivity contribution in [3.05, 3.63) is 75.5 Å². The third-order valence-electron chi connectivity index (χ3n) is 8.37. The molecule has 2 aromatic carbocycles. The molecular formula is C29H25ClN2O13S. The number of Topliss-reactive ketones (excluding diaryl/α,β-unsaturated/α-hetero) is 2. The van der Waals surface area contributed by atoms with E-state index in [-0.39, 0.29) is 16.2 Å². The second-order valence-electron chi connectivity index (χ2n) is 11.1. The number of rotatable bonds is 5. The van der Waals surface area contributed by atoms with E-state index in [4.69, 9.17) is 22.1 Å². The van der Waals surface area contributed by atoms with Gasteiger partial charge in [0, 0.05) is 10.6 Å². The molecule has 0 saturated heterocycles. The van der Waals surface area contributed by atoms with Crippen molar-refractivity contribution in [2.75, 3.05) is 14.1 Å². The molecule has 2 aromatic rings. The fraction of sp³-hybridized carbons (Fsp3) is 0.241. The maximum atomic E-state index is 14.3. The lowest BCUT2D eigenvalue weighted by atomic mass is 9.55. The van der Waals surface area contributed by atoms with Gasteiger partial charge < -0.3 is 36.0 Å². The molecule has 0 spiro atoms. The van der Waals surface area contributed by atoms with Crippen LogP contribution in [-0.2, 0) is 29.2 Å². The van der Waals surface area contributed by atoms with Crippen LogP contribution in [0.5, 0.6) is 11.5 Å².